The van der Waals surface area contributed by atoms with Gasteiger partial charge in [0.1, 0.15) is 0 Å². The molecule has 0 aliphatic heterocycles. The Morgan fingerprint density at radius 1 is 1.24 bits per heavy atom. The van der Waals surface area contributed by atoms with Crippen LogP contribution in [0.1, 0.15) is 48.0 Å². The van der Waals surface area contributed by atoms with E-state index in [1.54, 1.807) is 7.11 Å². The van der Waals surface area contributed by atoms with Crippen molar-refractivity contribution in [3.8, 4) is 0 Å². The molecule has 2 atom stereocenters. The third kappa shape index (κ3) is 5.07. The largest absolute Gasteiger partial charge is 0.382 e. The quantitative estimate of drug-likeness (QED) is 0.613. The Balaban J connectivity index is 4.76. The van der Waals surface area contributed by atoms with E-state index in [1.165, 1.54) is 0 Å². The van der Waals surface area contributed by atoms with Crippen molar-refractivity contribution in [2.75, 3.05) is 13.7 Å². The van der Waals surface area contributed by atoms with Crippen molar-refractivity contribution in [3.05, 3.63) is 0 Å². The van der Waals surface area contributed by atoms with Gasteiger partial charge in [0.25, 0.3) is 0 Å². The van der Waals surface area contributed by atoms with E-state index in [4.69, 9.17) is 4.74 Å². The van der Waals surface area contributed by atoms with Crippen LogP contribution in [0.25, 0.3) is 0 Å². The minimum Gasteiger partial charge on any atom is -0.382 e. The van der Waals surface area contributed by atoms with Crippen LogP contribution in [-0.2, 0) is 9.53 Å². The molecule has 0 bridgehead atoms. The van der Waals surface area contributed by atoms with Gasteiger partial charge in [0.05, 0.1) is 6.10 Å². The highest BCUT2D eigenvalue weighted by molar-refractivity contribution is 5.47. The van der Waals surface area contributed by atoms with Crippen LogP contribution in [0.5, 0.6) is 0 Å². The van der Waals surface area contributed by atoms with Crippen LogP contribution in [0.15, 0.2) is 0 Å². The molecule has 1 amide bonds. The highest BCUT2D eigenvalue weighted by Gasteiger charge is 2.32. The lowest BCUT2D eigenvalue weighted by atomic mass is 9.74. The second-order valence-corrected chi connectivity index (χ2v) is 5.93. The zero-order valence-corrected chi connectivity index (χ0v) is 12.5. The van der Waals surface area contributed by atoms with Crippen LogP contribution < -0.4 is 0 Å². The van der Waals surface area contributed by atoms with Gasteiger partial charge in [-0.15, -0.1) is 0 Å². The molecule has 0 spiro atoms. The first kappa shape index (κ1) is 16.4. The van der Waals surface area contributed by atoms with Gasteiger partial charge in [0, 0.05) is 19.7 Å². The van der Waals surface area contributed by atoms with Gasteiger partial charge in [-0.25, -0.2) is 0 Å². The van der Waals surface area contributed by atoms with Gasteiger partial charge >= 0.3 is 0 Å². The number of hydrogen-bond donors (Lipinski definition) is 0. The van der Waals surface area contributed by atoms with E-state index in [2.05, 4.69) is 41.5 Å². The zero-order valence-electron chi connectivity index (χ0n) is 12.5. The minimum absolute atomic E-state index is 0.0978. The number of nitrogens with zero attached hydrogens (tertiary/aromatic N) is 1. The van der Waals surface area contributed by atoms with Crippen molar-refractivity contribution in [2.45, 2.75) is 60.1 Å². The van der Waals surface area contributed by atoms with Crippen LogP contribution in [0.3, 0.4) is 0 Å². The average molecular weight is 243 g/mol. The fraction of sp³-hybridized carbons (Fsp3) is 0.929. The summed E-state index contributed by atoms with van der Waals surface area (Å²) in [5.74, 6) is 0.515. The number of ether oxygens (including phenoxy) is 1. The van der Waals surface area contributed by atoms with Crippen LogP contribution in [0.4, 0.5) is 0 Å². The highest BCUT2D eigenvalue weighted by atomic mass is 16.5. The Morgan fingerprint density at radius 2 is 1.76 bits per heavy atom. The van der Waals surface area contributed by atoms with Crippen LogP contribution in [0.2, 0.25) is 0 Å². The standard InChI is InChI=1S/C14H29NO2/c1-11(2)14(6,8-13(5)17-7)9-15(10-16)12(3)4/h10-13H,8-9H2,1-7H3. The van der Waals surface area contributed by atoms with Crippen molar-refractivity contribution in [1.29, 1.82) is 0 Å². The summed E-state index contributed by atoms with van der Waals surface area (Å²) in [6.45, 7) is 13.6. The van der Waals surface area contributed by atoms with Gasteiger partial charge in [-0.2, -0.15) is 0 Å². The maximum absolute atomic E-state index is 11.1. The summed E-state index contributed by atoms with van der Waals surface area (Å²) >= 11 is 0. The lowest BCUT2D eigenvalue weighted by Crippen LogP contribution is -2.43. The van der Waals surface area contributed by atoms with Gasteiger partial charge in [-0.3, -0.25) is 4.79 Å². The smallest absolute Gasteiger partial charge is 0.209 e. The van der Waals surface area contributed by atoms with Gasteiger partial charge in [-0.05, 0) is 38.5 Å². The van der Waals surface area contributed by atoms with Crippen LogP contribution in [0, 0.1) is 11.3 Å². The monoisotopic (exact) mass is 243 g/mol. The summed E-state index contributed by atoms with van der Waals surface area (Å²) in [6.07, 6.45) is 2.16. The van der Waals surface area contributed by atoms with Crippen LogP contribution in [-0.4, -0.2) is 37.1 Å². The molecule has 0 radical (unpaired) electrons. The molecule has 0 fully saturated rings. The molecule has 0 aromatic carbocycles. The summed E-state index contributed by atoms with van der Waals surface area (Å²) in [5.41, 5.74) is 0.0978. The Bertz CT molecular complexity index is 228. The molecule has 2 unspecified atom stereocenters. The predicted molar refractivity (Wildman–Crippen MR) is 71.9 cm³/mol. The molecular weight excluding hydrogens is 214 g/mol. The molecule has 102 valence electrons. The second-order valence-electron chi connectivity index (χ2n) is 5.93. The minimum atomic E-state index is 0.0978. The Morgan fingerprint density at radius 3 is 2.06 bits per heavy atom. The fourth-order valence-electron chi connectivity index (χ4n) is 1.98. The first-order chi connectivity index (χ1) is 7.76. The van der Waals surface area contributed by atoms with Crippen molar-refractivity contribution in [1.82, 2.24) is 4.90 Å². The topological polar surface area (TPSA) is 29.5 Å². The molecule has 0 saturated heterocycles. The van der Waals surface area contributed by atoms with E-state index >= 15 is 0 Å². The number of carbonyl (C=O) groups excluding carboxylic acids is 1. The number of hydrogen-bond acceptors (Lipinski definition) is 2. The third-order valence-electron chi connectivity index (χ3n) is 3.89. The second kappa shape index (κ2) is 7.00. The summed E-state index contributed by atoms with van der Waals surface area (Å²) < 4.78 is 5.36. The highest BCUT2D eigenvalue weighted by Crippen LogP contribution is 2.34. The van der Waals surface area contributed by atoms with E-state index < -0.39 is 0 Å². The SMILES string of the molecule is COC(C)CC(C)(CN(C=O)C(C)C)C(C)C. The van der Waals surface area contributed by atoms with Gasteiger partial charge in [0.15, 0.2) is 0 Å². The summed E-state index contributed by atoms with van der Waals surface area (Å²) in [7, 11) is 1.74. The molecular formula is C14H29NO2. The molecule has 0 saturated carbocycles. The molecule has 0 aliphatic rings. The Hall–Kier alpha value is -0.570. The number of rotatable bonds is 8. The molecule has 0 aromatic rings. The van der Waals surface area contributed by atoms with Crippen molar-refractivity contribution < 1.29 is 9.53 Å². The first-order valence-electron chi connectivity index (χ1n) is 6.50. The summed E-state index contributed by atoms with van der Waals surface area (Å²) in [5, 5.41) is 0. The summed E-state index contributed by atoms with van der Waals surface area (Å²) in [4.78, 5) is 13.0. The normalized spacial score (nSPS) is 17.0. The van der Waals surface area contributed by atoms with Crippen molar-refractivity contribution >= 4 is 6.41 Å². The zero-order chi connectivity index (χ0) is 13.6. The number of methoxy groups -OCH3 is 1. The number of amides is 1. The lowest BCUT2D eigenvalue weighted by molar-refractivity contribution is -0.122. The fourth-order valence-corrected chi connectivity index (χ4v) is 1.98. The Kier molecular flexibility index (Phi) is 6.76. The average Bonchev–Trinajstić information content (AvgIpc) is 2.25. The van der Waals surface area contributed by atoms with Crippen molar-refractivity contribution in [3.63, 3.8) is 0 Å². The first-order valence-corrected chi connectivity index (χ1v) is 6.50. The molecule has 17 heavy (non-hydrogen) atoms. The molecule has 0 aromatic heterocycles. The molecule has 0 N–H and O–H groups in total. The maximum atomic E-state index is 11.1. The van der Waals surface area contributed by atoms with Crippen molar-refractivity contribution in [2.24, 2.45) is 11.3 Å². The van der Waals surface area contributed by atoms with E-state index in [1.807, 2.05) is 4.90 Å². The third-order valence-corrected chi connectivity index (χ3v) is 3.89. The molecule has 0 aliphatic carbocycles. The van der Waals surface area contributed by atoms with E-state index in [9.17, 15) is 4.79 Å². The van der Waals surface area contributed by atoms with E-state index in [-0.39, 0.29) is 17.6 Å². The summed E-state index contributed by atoms with van der Waals surface area (Å²) in [6, 6.07) is 0.253. The number of carbonyl (C=O) groups is 1. The molecule has 0 heterocycles. The predicted octanol–water partition coefficient (Wildman–Crippen LogP) is 2.94. The van der Waals surface area contributed by atoms with E-state index in [0.29, 0.717) is 5.92 Å². The van der Waals surface area contributed by atoms with E-state index in [0.717, 1.165) is 19.4 Å². The molecule has 3 nitrogen and oxygen atoms in total. The molecule has 0 rings (SSSR count). The van der Waals surface area contributed by atoms with Gasteiger partial charge < -0.3 is 9.64 Å². The maximum Gasteiger partial charge on any atom is 0.209 e. The lowest BCUT2D eigenvalue weighted by Gasteiger charge is -2.40. The van der Waals surface area contributed by atoms with Gasteiger partial charge in [0.2, 0.25) is 6.41 Å². The van der Waals surface area contributed by atoms with Crippen LogP contribution >= 0.6 is 0 Å². The Labute approximate surface area is 107 Å². The molecule has 3 heteroatoms. The van der Waals surface area contributed by atoms with Gasteiger partial charge in [-0.1, -0.05) is 20.8 Å².